The van der Waals surface area contributed by atoms with Crippen molar-refractivity contribution in [2.24, 2.45) is 0 Å². The first-order chi connectivity index (χ1) is 37.5. The van der Waals surface area contributed by atoms with E-state index in [1.165, 1.54) is 295 Å². The molecule has 0 spiro atoms. The van der Waals surface area contributed by atoms with Crippen molar-refractivity contribution >= 4 is 17.9 Å². The van der Waals surface area contributed by atoms with Crippen molar-refractivity contribution in [3.63, 3.8) is 0 Å². The van der Waals surface area contributed by atoms with Crippen molar-refractivity contribution in [3.05, 3.63) is 12.2 Å². The van der Waals surface area contributed by atoms with Crippen LogP contribution in [-0.2, 0) is 28.6 Å². The second-order valence-electron chi connectivity index (χ2n) is 23.8. The molecule has 0 aliphatic heterocycles. The number of hydrogen-bond donors (Lipinski definition) is 0. The molecule has 0 bridgehead atoms. The predicted molar refractivity (Wildman–Crippen MR) is 330 cm³/mol. The van der Waals surface area contributed by atoms with E-state index in [9.17, 15) is 14.4 Å². The number of unbranched alkanes of at least 4 members (excludes halogenated alkanes) is 52. The Morgan fingerprint density at radius 3 is 0.684 bits per heavy atom. The zero-order chi connectivity index (χ0) is 55.0. The summed E-state index contributed by atoms with van der Waals surface area (Å²) in [7, 11) is 0. The lowest BCUT2D eigenvalue weighted by atomic mass is 10.0. The Morgan fingerprint density at radius 2 is 0.434 bits per heavy atom. The van der Waals surface area contributed by atoms with Crippen LogP contribution in [0.25, 0.3) is 0 Å². The summed E-state index contributed by atoms with van der Waals surface area (Å²) in [6.45, 7) is 6.69. The molecule has 0 aromatic carbocycles. The van der Waals surface area contributed by atoms with Crippen LogP contribution >= 0.6 is 0 Å². The SMILES string of the molecule is CCCCC/C=C\CCCCCCCC(=O)OCC(COC(=O)CCCCCCCCCCCCCCCCCCCCCCCCCCCCCC)OC(=O)CCCCCCCCCCCCCCCCCCCC. The Hall–Kier alpha value is -1.85. The first-order valence-corrected chi connectivity index (χ1v) is 34.7. The molecular weight excluding hydrogens is 937 g/mol. The second-order valence-corrected chi connectivity index (χ2v) is 23.8. The van der Waals surface area contributed by atoms with Crippen LogP contribution in [0.4, 0.5) is 0 Å². The van der Waals surface area contributed by atoms with Crippen molar-refractivity contribution in [2.75, 3.05) is 13.2 Å². The van der Waals surface area contributed by atoms with Gasteiger partial charge in [0.2, 0.25) is 0 Å². The summed E-state index contributed by atoms with van der Waals surface area (Å²) in [5.74, 6) is -0.843. The molecule has 1 atom stereocenters. The van der Waals surface area contributed by atoms with Gasteiger partial charge in [-0.1, -0.05) is 348 Å². The molecule has 76 heavy (non-hydrogen) atoms. The van der Waals surface area contributed by atoms with E-state index in [2.05, 4.69) is 32.9 Å². The van der Waals surface area contributed by atoms with Gasteiger partial charge in [0, 0.05) is 19.3 Å². The van der Waals surface area contributed by atoms with Crippen molar-refractivity contribution in [2.45, 2.75) is 406 Å². The van der Waals surface area contributed by atoms with Crippen molar-refractivity contribution in [1.29, 1.82) is 0 Å². The quantitative estimate of drug-likeness (QED) is 0.0261. The monoisotopic (exact) mass is 1070 g/mol. The van der Waals surface area contributed by atoms with Crippen LogP contribution in [0, 0.1) is 0 Å². The summed E-state index contributed by atoms with van der Waals surface area (Å²) in [6, 6.07) is 0. The van der Waals surface area contributed by atoms with Crippen LogP contribution in [-0.4, -0.2) is 37.2 Å². The lowest BCUT2D eigenvalue weighted by molar-refractivity contribution is -0.167. The fourth-order valence-corrected chi connectivity index (χ4v) is 10.8. The van der Waals surface area contributed by atoms with Gasteiger partial charge in [0.15, 0.2) is 6.10 Å². The van der Waals surface area contributed by atoms with Crippen molar-refractivity contribution in [3.8, 4) is 0 Å². The summed E-state index contributed by atoms with van der Waals surface area (Å²) >= 11 is 0. The maximum absolute atomic E-state index is 12.9. The Balaban J connectivity index is 4.14. The van der Waals surface area contributed by atoms with Crippen molar-refractivity contribution < 1.29 is 28.6 Å². The number of carbonyl (C=O) groups is 3. The first-order valence-electron chi connectivity index (χ1n) is 34.7. The van der Waals surface area contributed by atoms with E-state index < -0.39 is 6.10 Å². The maximum atomic E-state index is 12.9. The Morgan fingerprint density at radius 1 is 0.250 bits per heavy atom. The van der Waals surface area contributed by atoms with Gasteiger partial charge in [-0.3, -0.25) is 14.4 Å². The fourth-order valence-electron chi connectivity index (χ4n) is 10.8. The Kier molecular flexibility index (Phi) is 64.1. The molecule has 0 amide bonds. The van der Waals surface area contributed by atoms with E-state index in [1.807, 2.05) is 0 Å². The van der Waals surface area contributed by atoms with E-state index in [1.54, 1.807) is 0 Å². The molecule has 1 unspecified atom stereocenters. The van der Waals surface area contributed by atoms with Crippen LogP contribution in [0.3, 0.4) is 0 Å². The van der Waals surface area contributed by atoms with Gasteiger partial charge in [-0.2, -0.15) is 0 Å². The molecule has 6 heteroatoms. The summed E-state index contributed by atoms with van der Waals surface area (Å²) in [5.41, 5.74) is 0. The molecule has 6 nitrogen and oxygen atoms in total. The first kappa shape index (κ1) is 74.2. The number of hydrogen-bond acceptors (Lipinski definition) is 6. The largest absolute Gasteiger partial charge is 0.462 e. The third kappa shape index (κ3) is 63.0. The topological polar surface area (TPSA) is 78.9 Å². The second kappa shape index (κ2) is 65.7. The van der Waals surface area contributed by atoms with Crippen LogP contribution in [0.5, 0.6) is 0 Å². The predicted octanol–water partition coefficient (Wildman–Crippen LogP) is 23.6. The summed E-state index contributed by atoms with van der Waals surface area (Å²) in [4.78, 5) is 38.3. The molecule has 0 rings (SSSR count). The van der Waals surface area contributed by atoms with Gasteiger partial charge in [0.25, 0.3) is 0 Å². The highest BCUT2D eigenvalue weighted by molar-refractivity contribution is 5.71. The number of rotatable bonds is 65. The third-order valence-electron chi connectivity index (χ3n) is 16.0. The van der Waals surface area contributed by atoms with Crippen LogP contribution in [0.1, 0.15) is 400 Å². The third-order valence-corrected chi connectivity index (χ3v) is 16.0. The molecule has 0 aromatic rings. The minimum Gasteiger partial charge on any atom is -0.462 e. The normalized spacial score (nSPS) is 12.0. The number of esters is 3. The minimum atomic E-state index is -0.769. The van der Waals surface area contributed by atoms with Crippen LogP contribution in [0.2, 0.25) is 0 Å². The van der Waals surface area contributed by atoms with Gasteiger partial charge in [-0.05, 0) is 44.9 Å². The van der Waals surface area contributed by atoms with Gasteiger partial charge < -0.3 is 14.2 Å². The van der Waals surface area contributed by atoms with Gasteiger partial charge in [-0.15, -0.1) is 0 Å². The van der Waals surface area contributed by atoms with Gasteiger partial charge in [0.05, 0.1) is 0 Å². The van der Waals surface area contributed by atoms with E-state index in [0.717, 1.165) is 64.2 Å². The Labute approximate surface area is 475 Å². The highest BCUT2D eigenvalue weighted by atomic mass is 16.6. The molecule has 450 valence electrons. The minimum absolute atomic E-state index is 0.0659. The molecule has 0 fully saturated rings. The molecule has 0 heterocycles. The number of carbonyl (C=O) groups excluding carboxylic acids is 3. The van der Waals surface area contributed by atoms with Gasteiger partial charge in [-0.25, -0.2) is 0 Å². The van der Waals surface area contributed by atoms with Gasteiger partial charge in [0.1, 0.15) is 13.2 Å². The van der Waals surface area contributed by atoms with Crippen LogP contribution < -0.4 is 0 Å². The lowest BCUT2D eigenvalue weighted by Gasteiger charge is -2.18. The Bertz CT molecular complexity index is 1180. The summed E-state index contributed by atoms with van der Waals surface area (Å²) < 4.78 is 17.0. The number of ether oxygens (including phenoxy) is 3. The van der Waals surface area contributed by atoms with E-state index in [4.69, 9.17) is 14.2 Å². The highest BCUT2D eigenvalue weighted by Crippen LogP contribution is 2.19. The van der Waals surface area contributed by atoms with E-state index >= 15 is 0 Å². The van der Waals surface area contributed by atoms with Crippen molar-refractivity contribution in [1.82, 2.24) is 0 Å². The molecule has 0 saturated heterocycles. The smallest absolute Gasteiger partial charge is 0.306 e. The summed E-state index contributed by atoms with van der Waals surface area (Å²) in [5, 5.41) is 0. The average Bonchev–Trinajstić information content (AvgIpc) is 3.42. The molecule has 0 saturated carbocycles. The lowest BCUT2D eigenvalue weighted by Crippen LogP contribution is -2.30. The molecule has 0 N–H and O–H groups in total. The highest BCUT2D eigenvalue weighted by Gasteiger charge is 2.19. The molecule has 0 radical (unpaired) electrons. The molecule has 0 aliphatic rings. The van der Waals surface area contributed by atoms with E-state index in [-0.39, 0.29) is 31.1 Å². The zero-order valence-corrected chi connectivity index (χ0v) is 51.8. The molecular formula is C70H134O6. The summed E-state index contributed by atoms with van der Waals surface area (Å²) in [6.07, 6.45) is 78.2. The number of allylic oxidation sites excluding steroid dienone is 2. The fraction of sp³-hybridized carbons (Fsp3) is 0.929. The standard InChI is InChI=1S/C70H134O6/c1-4-7-10-13-16-19-22-25-27-29-31-32-33-34-35-36-37-38-39-40-42-43-45-48-51-54-57-60-63-69(72)75-66-67(65-74-68(71)62-59-56-53-50-47-24-21-18-15-12-9-6-3)76-70(73)64-61-58-55-52-49-46-44-41-30-28-26-23-20-17-14-11-8-5-2/h18,21,67H,4-17,19-20,22-66H2,1-3H3/b21-18-. The average molecular weight is 1070 g/mol. The van der Waals surface area contributed by atoms with Crippen LogP contribution in [0.15, 0.2) is 12.2 Å². The molecule has 0 aromatic heterocycles. The zero-order valence-electron chi connectivity index (χ0n) is 51.8. The van der Waals surface area contributed by atoms with Gasteiger partial charge >= 0.3 is 17.9 Å². The molecule has 0 aliphatic carbocycles. The van der Waals surface area contributed by atoms with E-state index in [0.29, 0.717) is 19.3 Å². The maximum Gasteiger partial charge on any atom is 0.306 e.